The zero-order valence-electron chi connectivity index (χ0n) is 11.7. The minimum absolute atomic E-state index is 0.198. The molecule has 0 radical (unpaired) electrons. The van der Waals surface area contributed by atoms with E-state index in [1.807, 2.05) is 27.0 Å². The SMILES string of the molecule is CC.Cc1ccc(N2CCNC(C)(C)C2)cn1. The molecule has 0 spiro atoms. The van der Waals surface area contributed by atoms with Crippen LogP contribution in [0.15, 0.2) is 18.3 Å². The van der Waals surface area contributed by atoms with Gasteiger partial charge in [-0.05, 0) is 32.9 Å². The molecule has 1 aromatic rings. The van der Waals surface area contributed by atoms with Crippen molar-refractivity contribution in [1.29, 1.82) is 0 Å². The molecule has 1 aromatic heterocycles. The summed E-state index contributed by atoms with van der Waals surface area (Å²) in [5.74, 6) is 0. The predicted octanol–water partition coefficient (Wildman–Crippen LogP) is 2.60. The van der Waals surface area contributed by atoms with Crippen molar-refractivity contribution in [2.24, 2.45) is 0 Å². The van der Waals surface area contributed by atoms with E-state index in [0.29, 0.717) is 0 Å². The van der Waals surface area contributed by atoms with Crippen LogP contribution in [0.1, 0.15) is 33.4 Å². The average Bonchev–Trinajstić information content (AvgIpc) is 2.31. The van der Waals surface area contributed by atoms with Gasteiger partial charge in [-0.1, -0.05) is 13.8 Å². The zero-order valence-corrected chi connectivity index (χ0v) is 11.7. The Bertz CT molecular complexity index is 330. The summed E-state index contributed by atoms with van der Waals surface area (Å²) in [6, 6.07) is 4.23. The van der Waals surface area contributed by atoms with E-state index in [0.717, 1.165) is 25.3 Å². The summed E-state index contributed by atoms with van der Waals surface area (Å²) in [6.45, 7) is 13.6. The molecule has 17 heavy (non-hydrogen) atoms. The van der Waals surface area contributed by atoms with Gasteiger partial charge in [0.1, 0.15) is 0 Å². The Hall–Kier alpha value is -1.09. The molecule has 0 aliphatic carbocycles. The van der Waals surface area contributed by atoms with Gasteiger partial charge in [0.2, 0.25) is 0 Å². The van der Waals surface area contributed by atoms with Crippen LogP contribution >= 0.6 is 0 Å². The van der Waals surface area contributed by atoms with Gasteiger partial charge in [-0.3, -0.25) is 4.98 Å². The van der Waals surface area contributed by atoms with Crippen LogP contribution in [0.3, 0.4) is 0 Å². The molecule has 2 rings (SSSR count). The first-order chi connectivity index (χ1) is 8.07. The first-order valence-electron chi connectivity index (χ1n) is 6.49. The van der Waals surface area contributed by atoms with Crippen molar-refractivity contribution in [2.75, 3.05) is 24.5 Å². The second-order valence-corrected chi connectivity index (χ2v) is 4.89. The fraction of sp³-hybridized carbons (Fsp3) is 0.643. The number of nitrogens with zero attached hydrogens (tertiary/aromatic N) is 2. The van der Waals surface area contributed by atoms with Gasteiger partial charge in [0.15, 0.2) is 0 Å². The molecule has 1 aliphatic heterocycles. The van der Waals surface area contributed by atoms with E-state index in [9.17, 15) is 0 Å². The van der Waals surface area contributed by atoms with Crippen LogP contribution in [0.4, 0.5) is 5.69 Å². The van der Waals surface area contributed by atoms with Crippen LogP contribution in [-0.2, 0) is 0 Å². The summed E-state index contributed by atoms with van der Waals surface area (Å²) in [5, 5.41) is 3.51. The Morgan fingerprint density at radius 2 is 2.00 bits per heavy atom. The quantitative estimate of drug-likeness (QED) is 0.811. The van der Waals surface area contributed by atoms with Crippen LogP contribution in [0.25, 0.3) is 0 Å². The highest BCUT2D eigenvalue weighted by Crippen LogP contribution is 2.18. The molecule has 0 saturated carbocycles. The van der Waals surface area contributed by atoms with Crippen molar-refractivity contribution in [3.63, 3.8) is 0 Å². The molecule has 0 atom stereocenters. The second kappa shape index (κ2) is 6.01. The van der Waals surface area contributed by atoms with Gasteiger partial charge in [-0.15, -0.1) is 0 Å². The van der Waals surface area contributed by atoms with Crippen molar-refractivity contribution >= 4 is 5.69 Å². The largest absolute Gasteiger partial charge is 0.367 e. The molecule has 96 valence electrons. The molecule has 0 aromatic carbocycles. The van der Waals surface area contributed by atoms with Crippen LogP contribution in [0.2, 0.25) is 0 Å². The third-order valence-electron chi connectivity index (χ3n) is 2.83. The van der Waals surface area contributed by atoms with E-state index >= 15 is 0 Å². The van der Waals surface area contributed by atoms with Gasteiger partial charge < -0.3 is 10.2 Å². The second-order valence-electron chi connectivity index (χ2n) is 4.89. The molecule has 1 N–H and O–H groups in total. The number of hydrogen-bond donors (Lipinski definition) is 1. The minimum atomic E-state index is 0.198. The van der Waals surface area contributed by atoms with Crippen molar-refractivity contribution < 1.29 is 0 Å². The molecule has 1 saturated heterocycles. The summed E-state index contributed by atoms with van der Waals surface area (Å²) in [6.07, 6.45) is 1.97. The number of nitrogens with one attached hydrogen (secondary N) is 1. The van der Waals surface area contributed by atoms with Gasteiger partial charge in [0.05, 0.1) is 11.9 Å². The van der Waals surface area contributed by atoms with Gasteiger partial charge >= 0.3 is 0 Å². The molecule has 0 bridgehead atoms. The van der Waals surface area contributed by atoms with E-state index in [1.54, 1.807) is 0 Å². The molecule has 3 heteroatoms. The summed E-state index contributed by atoms with van der Waals surface area (Å²) in [4.78, 5) is 6.73. The zero-order chi connectivity index (χ0) is 12.9. The standard InChI is InChI=1S/C12H19N3.C2H6/c1-10-4-5-11(8-13-10)15-7-6-14-12(2,3)9-15;1-2/h4-5,8,14H,6-7,9H2,1-3H3;1-2H3. The normalized spacial score (nSPS) is 18.3. The fourth-order valence-electron chi connectivity index (χ4n) is 2.01. The van der Waals surface area contributed by atoms with Crippen LogP contribution in [-0.4, -0.2) is 30.2 Å². The summed E-state index contributed by atoms with van der Waals surface area (Å²) < 4.78 is 0. The van der Waals surface area contributed by atoms with E-state index in [2.05, 4.69) is 41.2 Å². The van der Waals surface area contributed by atoms with Crippen molar-refractivity contribution in [3.05, 3.63) is 24.0 Å². The molecule has 2 heterocycles. The van der Waals surface area contributed by atoms with Gasteiger partial charge in [0, 0.05) is 30.9 Å². The number of rotatable bonds is 1. The number of pyridine rings is 1. The van der Waals surface area contributed by atoms with Crippen LogP contribution in [0, 0.1) is 6.92 Å². The molecular formula is C14H25N3. The molecular weight excluding hydrogens is 210 g/mol. The maximum atomic E-state index is 4.34. The van der Waals surface area contributed by atoms with E-state index < -0.39 is 0 Å². The highest BCUT2D eigenvalue weighted by molar-refractivity contribution is 5.45. The lowest BCUT2D eigenvalue weighted by Crippen LogP contribution is -2.57. The number of hydrogen-bond acceptors (Lipinski definition) is 3. The minimum Gasteiger partial charge on any atom is -0.367 e. The third-order valence-corrected chi connectivity index (χ3v) is 2.83. The molecule has 1 aliphatic rings. The van der Waals surface area contributed by atoms with Crippen molar-refractivity contribution in [1.82, 2.24) is 10.3 Å². The molecule has 3 nitrogen and oxygen atoms in total. The lowest BCUT2D eigenvalue weighted by Gasteiger charge is -2.40. The Labute approximate surface area is 105 Å². The number of piperazine rings is 1. The first kappa shape index (κ1) is 14.0. The smallest absolute Gasteiger partial charge is 0.0554 e. The van der Waals surface area contributed by atoms with Gasteiger partial charge in [-0.2, -0.15) is 0 Å². The molecule has 1 fully saturated rings. The highest BCUT2D eigenvalue weighted by Gasteiger charge is 2.25. The van der Waals surface area contributed by atoms with Crippen molar-refractivity contribution in [2.45, 2.75) is 40.2 Å². The summed E-state index contributed by atoms with van der Waals surface area (Å²) >= 11 is 0. The van der Waals surface area contributed by atoms with Crippen LogP contribution < -0.4 is 10.2 Å². The Balaban J connectivity index is 0.000000686. The Kier molecular flexibility index (Phi) is 4.94. The number of aryl methyl sites for hydroxylation is 1. The highest BCUT2D eigenvalue weighted by atomic mass is 15.2. The van der Waals surface area contributed by atoms with Gasteiger partial charge in [0.25, 0.3) is 0 Å². The molecule has 0 amide bonds. The maximum Gasteiger partial charge on any atom is 0.0554 e. The van der Waals surface area contributed by atoms with Crippen LogP contribution in [0.5, 0.6) is 0 Å². The monoisotopic (exact) mass is 235 g/mol. The topological polar surface area (TPSA) is 28.2 Å². The number of aromatic nitrogens is 1. The van der Waals surface area contributed by atoms with E-state index in [4.69, 9.17) is 0 Å². The average molecular weight is 235 g/mol. The number of anilines is 1. The molecule has 0 unspecified atom stereocenters. The Morgan fingerprint density at radius 3 is 2.53 bits per heavy atom. The van der Waals surface area contributed by atoms with Gasteiger partial charge in [-0.25, -0.2) is 0 Å². The lowest BCUT2D eigenvalue weighted by atomic mass is 10.0. The summed E-state index contributed by atoms with van der Waals surface area (Å²) in [5.41, 5.74) is 2.51. The third kappa shape index (κ3) is 4.00. The van der Waals surface area contributed by atoms with E-state index in [1.165, 1.54) is 5.69 Å². The van der Waals surface area contributed by atoms with E-state index in [-0.39, 0.29) is 5.54 Å². The van der Waals surface area contributed by atoms with Crippen molar-refractivity contribution in [3.8, 4) is 0 Å². The lowest BCUT2D eigenvalue weighted by molar-refractivity contribution is 0.353. The first-order valence-corrected chi connectivity index (χ1v) is 6.49. The fourth-order valence-corrected chi connectivity index (χ4v) is 2.01. The Morgan fingerprint density at radius 1 is 1.29 bits per heavy atom. The maximum absolute atomic E-state index is 4.34. The predicted molar refractivity (Wildman–Crippen MR) is 74.6 cm³/mol. The summed E-state index contributed by atoms with van der Waals surface area (Å²) in [7, 11) is 0.